The Morgan fingerprint density at radius 1 is 1.00 bits per heavy atom. The number of fused-ring (bicyclic) bond motifs is 2. The number of carbonyl (C=O) groups is 1. The fraction of sp³-hybridized carbons (Fsp3) is 0.214. The maximum atomic E-state index is 13.3. The average Bonchev–Trinajstić information content (AvgIpc) is 2.88. The molecule has 0 saturated carbocycles. The minimum atomic E-state index is -0.272. The van der Waals surface area contributed by atoms with Gasteiger partial charge in [-0.1, -0.05) is 30.7 Å². The van der Waals surface area contributed by atoms with Gasteiger partial charge in [0.25, 0.3) is 5.91 Å². The van der Waals surface area contributed by atoms with E-state index in [0.29, 0.717) is 64.7 Å². The maximum absolute atomic E-state index is 13.3. The Bertz CT molecular complexity index is 1460. The Morgan fingerprint density at radius 3 is 2.54 bits per heavy atom. The molecule has 0 saturated heterocycles. The second-order valence-corrected chi connectivity index (χ2v) is 8.35. The van der Waals surface area contributed by atoms with Gasteiger partial charge in [-0.15, -0.1) is 0 Å². The molecule has 7 heteroatoms. The lowest BCUT2D eigenvalue weighted by Gasteiger charge is -2.18. The van der Waals surface area contributed by atoms with E-state index in [0.717, 1.165) is 11.1 Å². The monoisotopic (exact) mass is 471 g/mol. The zero-order valence-electron chi connectivity index (χ0n) is 19.6. The van der Waals surface area contributed by atoms with Crippen molar-refractivity contribution in [3.8, 4) is 28.4 Å². The molecule has 1 aliphatic heterocycles. The number of aryl methyl sites for hydroxylation is 2. The molecule has 5 rings (SSSR count). The highest BCUT2D eigenvalue weighted by Crippen LogP contribution is 2.34. The molecular weight excluding hydrogens is 446 g/mol. The van der Waals surface area contributed by atoms with Crippen LogP contribution in [0.2, 0.25) is 0 Å². The molecule has 1 amide bonds. The van der Waals surface area contributed by atoms with Crippen LogP contribution in [0.1, 0.15) is 18.1 Å². The molecule has 0 bridgehead atoms. The van der Waals surface area contributed by atoms with Crippen molar-refractivity contribution in [1.29, 1.82) is 0 Å². The van der Waals surface area contributed by atoms with Gasteiger partial charge in [-0.25, -0.2) is 0 Å². The number of benzene rings is 3. The smallest absolute Gasteiger partial charge is 0.262 e. The van der Waals surface area contributed by atoms with E-state index in [1.165, 1.54) is 6.26 Å². The summed E-state index contributed by atoms with van der Waals surface area (Å²) >= 11 is 0. The molecule has 0 aliphatic carbocycles. The summed E-state index contributed by atoms with van der Waals surface area (Å²) in [5, 5.41) is 3.26. The fourth-order valence-electron chi connectivity index (χ4n) is 4.00. The summed E-state index contributed by atoms with van der Waals surface area (Å²) in [6.45, 7) is 4.76. The van der Waals surface area contributed by atoms with E-state index < -0.39 is 0 Å². The summed E-state index contributed by atoms with van der Waals surface area (Å²) in [6, 6.07) is 16.4. The van der Waals surface area contributed by atoms with Crippen molar-refractivity contribution in [3.05, 3.63) is 82.2 Å². The minimum Gasteiger partial charge on any atom is -0.486 e. The zero-order valence-corrected chi connectivity index (χ0v) is 19.6. The van der Waals surface area contributed by atoms with Gasteiger partial charge in [-0.2, -0.15) is 0 Å². The van der Waals surface area contributed by atoms with Gasteiger partial charge in [-0.05, 0) is 54.8 Å². The number of amides is 1. The first-order valence-corrected chi connectivity index (χ1v) is 11.5. The molecule has 0 spiro atoms. The van der Waals surface area contributed by atoms with Crippen molar-refractivity contribution in [2.24, 2.45) is 0 Å². The summed E-state index contributed by atoms with van der Waals surface area (Å²) in [7, 11) is 0. The lowest BCUT2D eigenvalue weighted by atomic mass is 10.0. The third-order valence-corrected chi connectivity index (χ3v) is 5.88. The van der Waals surface area contributed by atoms with E-state index in [-0.39, 0.29) is 17.9 Å². The number of anilines is 1. The van der Waals surface area contributed by atoms with Crippen molar-refractivity contribution in [1.82, 2.24) is 0 Å². The predicted molar refractivity (Wildman–Crippen MR) is 134 cm³/mol. The quantitative estimate of drug-likeness (QED) is 0.420. The molecule has 1 N–H and O–H groups in total. The Balaban J connectivity index is 1.39. The Hall–Kier alpha value is -4.26. The number of rotatable bonds is 6. The van der Waals surface area contributed by atoms with Crippen molar-refractivity contribution in [2.75, 3.05) is 25.1 Å². The van der Waals surface area contributed by atoms with Crippen LogP contribution in [-0.2, 0) is 11.2 Å². The third kappa shape index (κ3) is 4.71. The van der Waals surface area contributed by atoms with Gasteiger partial charge in [0.15, 0.2) is 18.1 Å². The van der Waals surface area contributed by atoms with Crippen LogP contribution in [0.25, 0.3) is 22.1 Å². The van der Waals surface area contributed by atoms with Crippen LogP contribution in [0.4, 0.5) is 5.69 Å². The zero-order chi connectivity index (χ0) is 24.4. The number of ether oxygens (including phenoxy) is 3. The maximum Gasteiger partial charge on any atom is 0.262 e. The summed E-state index contributed by atoms with van der Waals surface area (Å²) in [4.78, 5) is 25.7. The topological polar surface area (TPSA) is 87.0 Å². The van der Waals surface area contributed by atoms with Gasteiger partial charge in [0, 0.05) is 11.8 Å². The molecule has 0 unspecified atom stereocenters. The fourth-order valence-corrected chi connectivity index (χ4v) is 4.00. The van der Waals surface area contributed by atoms with E-state index >= 15 is 0 Å². The standard InChI is InChI=1S/C28H25NO6/c1-3-18-12-21-25(14-24(18)35-16-27(30)29-20-7-4-17(2)5-8-20)34-15-22(28(21)31)19-6-9-23-26(13-19)33-11-10-32-23/h4-9,12-15H,3,10-11,16H2,1-2H3,(H,29,30). The van der Waals surface area contributed by atoms with E-state index in [4.69, 9.17) is 18.6 Å². The normalized spacial score (nSPS) is 12.4. The van der Waals surface area contributed by atoms with E-state index in [1.54, 1.807) is 24.3 Å². The predicted octanol–water partition coefficient (Wildman–Crippen LogP) is 5.12. The molecule has 35 heavy (non-hydrogen) atoms. The lowest BCUT2D eigenvalue weighted by Crippen LogP contribution is -2.20. The number of carbonyl (C=O) groups excluding carboxylic acids is 1. The highest BCUT2D eigenvalue weighted by Gasteiger charge is 2.17. The third-order valence-electron chi connectivity index (χ3n) is 5.88. The van der Waals surface area contributed by atoms with E-state index in [1.807, 2.05) is 44.2 Å². The summed E-state index contributed by atoms with van der Waals surface area (Å²) in [5.41, 5.74) is 3.99. The largest absolute Gasteiger partial charge is 0.486 e. The molecular formula is C28H25NO6. The molecule has 2 heterocycles. The van der Waals surface area contributed by atoms with E-state index in [2.05, 4.69) is 5.32 Å². The highest BCUT2D eigenvalue weighted by molar-refractivity contribution is 5.92. The molecule has 0 fully saturated rings. The van der Waals surface area contributed by atoms with Gasteiger partial charge >= 0.3 is 0 Å². The summed E-state index contributed by atoms with van der Waals surface area (Å²) in [6.07, 6.45) is 2.06. The second kappa shape index (κ2) is 9.54. The lowest BCUT2D eigenvalue weighted by molar-refractivity contribution is -0.118. The van der Waals surface area contributed by atoms with Crippen molar-refractivity contribution < 1.29 is 23.4 Å². The van der Waals surface area contributed by atoms with Gasteiger partial charge in [0.1, 0.15) is 30.8 Å². The molecule has 178 valence electrons. The van der Waals surface area contributed by atoms with Crippen molar-refractivity contribution in [3.63, 3.8) is 0 Å². The molecule has 0 atom stereocenters. The van der Waals surface area contributed by atoms with Crippen molar-refractivity contribution >= 4 is 22.6 Å². The molecule has 1 aromatic heterocycles. The number of hydrogen-bond donors (Lipinski definition) is 1. The van der Waals surface area contributed by atoms with Crippen LogP contribution >= 0.6 is 0 Å². The molecule has 1 aliphatic rings. The summed E-state index contributed by atoms with van der Waals surface area (Å²) < 4.78 is 22.8. The molecule has 3 aromatic carbocycles. The van der Waals surface area contributed by atoms with Crippen LogP contribution in [0.15, 0.2) is 70.1 Å². The average molecular weight is 472 g/mol. The van der Waals surface area contributed by atoms with Crippen LogP contribution < -0.4 is 25.0 Å². The van der Waals surface area contributed by atoms with Gasteiger partial charge in [-0.3, -0.25) is 9.59 Å². The number of hydrogen-bond acceptors (Lipinski definition) is 6. The number of nitrogens with one attached hydrogen (secondary N) is 1. The van der Waals surface area contributed by atoms with Crippen LogP contribution in [-0.4, -0.2) is 25.7 Å². The first-order valence-electron chi connectivity index (χ1n) is 11.5. The Labute approximate surface area is 202 Å². The van der Waals surface area contributed by atoms with Crippen molar-refractivity contribution in [2.45, 2.75) is 20.3 Å². The van der Waals surface area contributed by atoms with E-state index in [9.17, 15) is 9.59 Å². The second-order valence-electron chi connectivity index (χ2n) is 8.35. The van der Waals surface area contributed by atoms with Gasteiger partial charge in [0.2, 0.25) is 5.43 Å². The van der Waals surface area contributed by atoms with Crippen LogP contribution in [0, 0.1) is 6.92 Å². The minimum absolute atomic E-state index is 0.152. The van der Waals surface area contributed by atoms with Gasteiger partial charge < -0.3 is 23.9 Å². The Morgan fingerprint density at radius 2 is 1.77 bits per heavy atom. The SMILES string of the molecule is CCc1cc2c(=O)c(-c3ccc4c(c3)OCCO4)coc2cc1OCC(=O)Nc1ccc(C)cc1. The van der Waals surface area contributed by atoms with Gasteiger partial charge in [0.05, 0.1) is 10.9 Å². The van der Waals surface area contributed by atoms with Crippen LogP contribution in [0.5, 0.6) is 17.2 Å². The molecule has 0 radical (unpaired) electrons. The highest BCUT2D eigenvalue weighted by atomic mass is 16.6. The first-order chi connectivity index (χ1) is 17.0. The van der Waals surface area contributed by atoms with Crippen LogP contribution in [0.3, 0.4) is 0 Å². The first kappa shape index (κ1) is 22.5. The summed E-state index contributed by atoms with van der Waals surface area (Å²) in [5.74, 6) is 1.50. The molecule has 7 nitrogen and oxygen atoms in total. The molecule has 4 aromatic rings. The Kier molecular flexibility index (Phi) is 6.14.